The number of alkyl halides is 2. The van der Waals surface area contributed by atoms with Crippen molar-refractivity contribution in [2.24, 2.45) is 0 Å². The maximum atomic E-state index is 12.5. The van der Waals surface area contributed by atoms with Crippen LogP contribution in [0.4, 0.5) is 8.78 Å². The van der Waals surface area contributed by atoms with E-state index in [1.54, 1.807) is 0 Å². The van der Waals surface area contributed by atoms with Gasteiger partial charge in [0, 0.05) is 19.2 Å². The van der Waals surface area contributed by atoms with Gasteiger partial charge in [0.2, 0.25) is 10.0 Å². The molecule has 1 fully saturated rings. The fourth-order valence-corrected chi connectivity index (χ4v) is 3.79. The molecule has 4 nitrogen and oxygen atoms in total. The number of hydrogen-bond donors (Lipinski definition) is 0. The molecule has 0 radical (unpaired) electrons. The number of sulfonamides is 1. The van der Waals surface area contributed by atoms with Gasteiger partial charge in [-0.3, -0.25) is 0 Å². The second-order valence-corrected chi connectivity index (χ2v) is 6.61. The number of ether oxygens (including phenoxy) is 1. The smallest absolute Gasteiger partial charge is 0.387 e. The van der Waals surface area contributed by atoms with Gasteiger partial charge in [-0.25, -0.2) is 8.42 Å². The molecule has 1 aromatic carbocycles. The Hall–Kier alpha value is -1.21. The lowest BCUT2D eigenvalue weighted by atomic mass is 10.2. The highest BCUT2D eigenvalue weighted by Gasteiger charge is 2.25. The van der Waals surface area contributed by atoms with Crippen LogP contribution in [0.5, 0.6) is 5.75 Å². The Bertz CT molecular complexity index is 540. The maximum absolute atomic E-state index is 12.5. The molecule has 1 aromatic rings. The van der Waals surface area contributed by atoms with E-state index in [1.807, 2.05) is 0 Å². The summed E-state index contributed by atoms with van der Waals surface area (Å²) < 4.78 is 54.9. The lowest BCUT2D eigenvalue weighted by Gasteiger charge is -2.20. The Morgan fingerprint density at radius 2 is 1.75 bits per heavy atom. The van der Waals surface area contributed by atoms with Crippen LogP contribution in [0.2, 0.25) is 0 Å². The fraction of sp³-hybridized carbons (Fsp3) is 0.538. The lowest BCUT2D eigenvalue weighted by molar-refractivity contribution is -0.0500. The first-order valence-corrected chi connectivity index (χ1v) is 7.99. The Morgan fingerprint density at radius 1 is 1.10 bits per heavy atom. The summed E-state index contributed by atoms with van der Waals surface area (Å²) in [6.45, 7) is -2.02. The summed E-state index contributed by atoms with van der Waals surface area (Å²) in [7, 11) is -3.64. The molecule has 1 aliphatic heterocycles. The van der Waals surface area contributed by atoms with Gasteiger partial charge in [0.1, 0.15) is 5.75 Å². The first-order valence-electron chi connectivity index (χ1n) is 6.55. The van der Waals surface area contributed by atoms with Crippen molar-refractivity contribution in [2.75, 3.05) is 13.1 Å². The van der Waals surface area contributed by atoms with Gasteiger partial charge < -0.3 is 4.74 Å². The van der Waals surface area contributed by atoms with Crippen LogP contribution in [-0.2, 0) is 10.0 Å². The topological polar surface area (TPSA) is 46.6 Å². The van der Waals surface area contributed by atoms with E-state index in [0.29, 0.717) is 13.1 Å². The molecule has 1 aliphatic rings. The van der Waals surface area contributed by atoms with Gasteiger partial charge >= 0.3 is 6.61 Å². The van der Waals surface area contributed by atoms with Gasteiger partial charge in [-0.2, -0.15) is 13.1 Å². The molecule has 0 bridgehead atoms. The molecule has 0 amide bonds. The molecule has 0 unspecified atom stereocenters. The maximum Gasteiger partial charge on any atom is 0.387 e. The molecule has 0 saturated carbocycles. The van der Waals surface area contributed by atoms with E-state index in [1.165, 1.54) is 22.5 Å². The van der Waals surface area contributed by atoms with E-state index < -0.39 is 16.6 Å². The third-order valence-corrected chi connectivity index (χ3v) is 5.13. The van der Waals surface area contributed by atoms with Crippen molar-refractivity contribution in [2.45, 2.75) is 37.2 Å². The molecule has 7 heteroatoms. The zero-order chi connectivity index (χ0) is 14.6. The van der Waals surface area contributed by atoms with Crippen molar-refractivity contribution < 1.29 is 21.9 Å². The molecule has 1 heterocycles. The number of rotatable bonds is 4. The standard InChI is InChI=1S/C13H17F2NO3S/c14-13(15)19-11-6-5-7-12(10-11)20(17,18)16-8-3-1-2-4-9-16/h5-7,10,13H,1-4,8-9H2. The predicted octanol–water partition coefficient (Wildman–Crippen LogP) is 2.85. The number of nitrogens with zero attached hydrogens (tertiary/aromatic N) is 1. The van der Waals surface area contributed by atoms with Gasteiger partial charge in [0.15, 0.2) is 0 Å². The largest absolute Gasteiger partial charge is 0.435 e. The van der Waals surface area contributed by atoms with Crippen LogP contribution < -0.4 is 4.74 Å². The van der Waals surface area contributed by atoms with Crippen LogP contribution >= 0.6 is 0 Å². The summed E-state index contributed by atoms with van der Waals surface area (Å²) in [5, 5.41) is 0. The van der Waals surface area contributed by atoms with E-state index in [9.17, 15) is 17.2 Å². The minimum Gasteiger partial charge on any atom is -0.435 e. The van der Waals surface area contributed by atoms with Gasteiger partial charge in [-0.15, -0.1) is 0 Å². The lowest BCUT2D eigenvalue weighted by Crippen LogP contribution is -2.31. The summed E-state index contributed by atoms with van der Waals surface area (Å²) >= 11 is 0. The third-order valence-electron chi connectivity index (χ3n) is 3.23. The molecular weight excluding hydrogens is 288 g/mol. The highest BCUT2D eigenvalue weighted by atomic mass is 32.2. The quantitative estimate of drug-likeness (QED) is 0.859. The molecule has 1 saturated heterocycles. The SMILES string of the molecule is O=S(=O)(c1cccc(OC(F)F)c1)N1CCCCCC1. The summed E-state index contributed by atoms with van der Waals surface area (Å²) in [6.07, 6.45) is 3.68. The van der Waals surface area contributed by atoms with Crippen LogP contribution in [0.3, 0.4) is 0 Å². The summed E-state index contributed by atoms with van der Waals surface area (Å²) in [5.74, 6) is -0.143. The van der Waals surface area contributed by atoms with E-state index in [-0.39, 0.29) is 10.6 Å². The molecule has 0 aliphatic carbocycles. The predicted molar refractivity (Wildman–Crippen MR) is 70.3 cm³/mol. The zero-order valence-corrected chi connectivity index (χ0v) is 11.8. The number of halogens is 2. The Kier molecular flexibility index (Phi) is 4.93. The Morgan fingerprint density at radius 3 is 2.35 bits per heavy atom. The number of hydrogen-bond acceptors (Lipinski definition) is 3. The van der Waals surface area contributed by atoms with Crippen LogP contribution in [-0.4, -0.2) is 32.4 Å². The van der Waals surface area contributed by atoms with Crippen LogP contribution in [0.15, 0.2) is 29.2 Å². The summed E-state index contributed by atoms with van der Waals surface area (Å²) in [5.41, 5.74) is 0. The van der Waals surface area contributed by atoms with Gasteiger partial charge in [0.25, 0.3) is 0 Å². The molecule has 0 spiro atoms. The van der Waals surface area contributed by atoms with Crippen molar-refractivity contribution in [1.82, 2.24) is 4.31 Å². The van der Waals surface area contributed by atoms with E-state index >= 15 is 0 Å². The van der Waals surface area contributed by atoms with Crippen molar-refractivity contribution in [1.29, 1.82) is 0 Å². The minimum atomic E-state index is -3.64. The Balaban J connectivity index is 2.24. The summed E-state index contributed by atoms with van der Waals surface area (Å²) in [6, 6.07) is 5.26. The highest BCUT2D eigenvalue weighted by Crippen LogP contribution is 2.24. The van der Waals surface area contributed by atoms with Gasteiger partial charge in [-0.1, -0.05) is 18.9 Å². The second-order valence-electron chi connectivity index (χ2n) is 4.67. The van der Waals surface area contributed by atoms with Crippen molar-refractivity contribution >= 4 is 10.0 Å². The Labute approximate surface area is 117 Å². The first-order chi connectivity index (χ1) is 9.50. The normalized spacial score (nSPS) is 17.9. The average Bonchev–Trinajstić information content (AvgIpc) is 2.67. The minimum absolute atomic E-state index is 0.00227. The van der Waals surface area contributed by atoms with Crippen molar-refractivity contribution in [3.8, 4) is 5.75 Å². The molecule has 0 aromatic heterocycles. The van der Waals surface area contributed by atoms with Gasteiger partial charge in [0.05, 0.1) is 4.90 Å². The molecule has 112 valence electrons. The van der Waals surface area contributed by atoms with Crippen LogP contribution in [0.1, 0.15) is 25.7 Å². The third kappa shape index (κ3) is 3.67. The number of benzene rings is 1. The average molecular weight is 305 g/mol. The zero-order valence-electron chi connectivity index (χ0n) is 11.0. The molecule has 20 heavy (non-hydrogen) atoms. The molecular formula is C13H17F2NO3S. The second kappa shape index (κ2) is 6.49. The molecule has 0 N–H and O–H groups in total. The summed E-state index contributed by atoms with van der Waals surface area (Å²) in [4.78, 5) is -0.00227. The van der Waals surface area contributed by atoms with Crippen LogP contribution in [0.25, 0.3) is 0 Å². The monoisotopic (exact) mass is 305 g/mol. The van der Waals surface area contributed by atoms with Crippen molar-refractivity contribution in [3.63, 3.8) is 0 Å². The van der Waals surface area contributed by atoms with E-state index in [4.69, 9.17) is 0 Å². The molecule has 2 rings (SSSR count). The van der Waals surface area contributed by atoms with Crippen LogP contribution in [0, 0.1) is 0 Å². The van der Waals surface area contributed by atoms with Gasteiger partial charge in [-0.05, 0) is 25.0 Å². The first kappa shape index (κ1) is 15.2. The van der Waals surface area contributed by atoms with Crippen molar-refractivity contribution in [3.05, 3.63) is 24.3 Å². The fourth-order valence-electron chi connectivity index (χ4n) is 2.24. The highest BCUT2D eigenvalue weighted by molar-refractivity contribution is 7.89. The van der Waals surface area contributed by atoms with E-state index in [0.717, 1.165) is 31.7 Å². The molecule has 0 atom stereocenters. The van der Waals surface area contributed by atoms with E-state index in [2.05, 4.69) is 4.74 Å².